The summed E-state index contributed by atoms with van der Waals surface area (Å²) in [6, 6.07) is 24.2. The number of aromatic amines is 1. The Bertz CT molecular complexity index is 1590. The van der Waals surface area contributed by atoms with Crippen LogP contribution in [0, 0.1) is 17.1 Å². The van der Waals surface area contributed by atoms with Crippen LogP contribution in [0.5, 0.6) is 5.75 Å². The number of benzene rings is 4. The largest absolute Gasteiger partial charge is 0.486 e. The summed E-state index contributed by atoms with van der Waals surface area (Å²) >= 11 is 10.1. The summed E-state index contributed by atoms with van der Waals surface area (Å²) in [5.74, 6) is 0.496. The van der Waals surface area contributed by atoms with Gasteiger partial charge in [0.25, 0.3) is 0 Å². The first-order valence-corrected chi connectivity index (χ1v) is 11.5. The Labute approximate surface area is 208 Å². The Morgan fingerprint density at radius 3 is 2.76 bits per heavy atom. The fraction of sp³-hybridized carbons (Fsp3) is 0.0370. The Morgan fingerprint density at radius 1 is 1.12 bits per heavy atom. The van der Waals surface area contributed by atoms with Crippen molar-refractivity contribution in [2.24, 2.45) is 0 Å². The normalized spacial score (nSPS) is 11.6. The first-order valence-electron chi connectivity index (χ1n) is 10.4. The van der Waals surface area contributed by atoms with E-state index in [9.17, 15) is 9.65 Å². The molecule has 0 fully saturated rings. The Morgan fingerprint density at radius 2 is 1.94 bits per heavy atom. The molecule has 0 aliphatic heterocycles. The number of allylic oxidation sites excluding steroid dienone is 1. The minimum absolute atomic E-state index is 0.295. The first kappa shape index (κ1) is 22.1. The summed E-state index contributed by atoms with van der Waals surface area (Å²) < 4.78 is 20.2. The molecule has 5 aromatic rings. The fourth-order valence-electron chi connectivity index (χ4n) is 3.80. The van der Waals surface area contributed by atoms with E-state index in [1.807, 2.05) is 30.3 Å². The van der Waals surface area contributed by atoms with Crippen LogP contribution in [-0.2, 0) is 6.61 Å². The molecule has 4 nitrogen and oxygen atoms in total. The third-order valence-electron chi connectivity index (χ3n) is 5.40. The predicted octanol–water partition coefficient (Wildman–Crippen LogP) is 7.91. The molecule has 0 aliphatic carbocycles. The van der Waals surface area contributed by atoms with Crippen LogP contribution in [0.15, 0.2) is 77.3 Å². The van der Waals surface area contributed by atoms with Gasteiger partial charge in [-0.1, -0.05) is 54.1 Å². The zero-order chi connectivity index (χ0) is 23.7. The molecule has 4 aromatic carbocycles. The molecule has 34 heavy (non-hydrogen) atoms. The fourth-order valence-corrected chi connectivity index (χ4v) is 4.79. The number of hydrogen-bond acceptors (Lipinski definition) is 3. The third kappa shape index (κ3) is 4.41. The minimum Gasteiger partial charge on any atom is -0.486 e. The standard InChI is InChI=1S/C27H16BrClFN3O/c28-22-11-16(10-19(14-31)27-32-24-9-8-20(30)13-25(24)33-27)12-23(29)26(22)34-15-18-6-3-5-17-4-1-2-7-21(17)18/h1-13H,15H2,(H,32,33)/b19-10-. The van der Waals surface area contributed by atoms with Gasteiger partial charge in [0.05, 0.1) is 26.1 Å². The van der Waals surface area contributed by atoms with Crippen molar-refractivity contribution in [2.45, 2.75) is 6.61 Å². The van der Waals surface area contributed by atoms with Gasteiger partial charge in [-0.05, 0) is 74.2 Å². The Kier molecular flexibility index (Phi) is 6.06. The van der Waals surface area contributed by atoms with Gasteiger partial charge in [-0.2, -0.15) is 5.26 Å². The van der Waals surface area contributed by atoms with Crippen LogP contribution < -0.4 is 4.74 Å². The van der Waals surface area contributed by atoms with Gasteiger partial charge < -0.3 is 9.72 Å². The molecule has 0 aliphatic rings. The smallest absolute Gasteiger partial charge is 0.152 e. The molecule has 0 atom stereocenters. The predicted molar refractivity (Wildman–Crippen MR) is 137 cm³/mol. The molecule has 5 rings (SSSR count). The van der Waals surface area contributed by atoms with Gasteiger partial charge in [0.1, 0.15) is 24.3 Å². The van der Waals surface area contributed by atoms with Crippen molar-refractivity contribution in [2.75, 3.05) is 0 Å². The lowest BCUT2D eigenvalue weighted by Gasteiger charge is -2.13. The monoisotopic (exact) mass is 531 g/mol. The number of nitriles is 1. The maximum atomic E-state index is 13.5. The van der Waals surface area contributed by atoms with Crippen LogP contribution in [-0.4, -0.2) is 9.97 Å². The van der Waals surface area contributed by atoms with E-state index in [1.54, 1.807) is 18.2 Å². The number of fused-ring (bicyclic) bond motifs is 2. The maximum Gasteiger partial charge on any atom is 0.152 e. The zero-order valence-electron chi connectivity index (χ0n) is 17.6. The van der Waals surface area contributed by atoms with Crippen LogP contribution in [0.3, 0.4) is 0 Å². The van der Waals surface area contributed by atoms with Crippen molar-refractivity contribution >= 4 is 61.0 Å². The number of rotatable bonds is 5. The summed E-state index contributed by atoms with van der Waals surface area (Å²) in [4.78, 5) is 7.38. The second kappa shape index (κ2) is 9.30. The molecule has 0 amide bonds. The highest BCUT2D eigenvalue weighted by atomic mass is 79.9. The van der Waals surface area contributed by atoms with E-state index in [1.165, 1.54) is 12.1 Å². The average molecular weight is 533 g/mol. The summed E-state index contributed by atoms with van der Waals surface area (Å²) in [5.41, 5.74) is 3.14. The van der Waals surface area contributed by atoms with Gasteiger partial charge >= 0.3 is 0 Å². The molecule has 0 saturated carbocycles. The van der Waals surface area contributed by atoms with E-state index < -0.39 is 0 Å². The molecular weight excluding hydrogens is 517 g/mol. The van der Waals surface area contributed by atoms with E-state index in [-0.39, 0.29) is 5.82 Å². The number of aromatic nitrogens is 2. The zero-order valence-corrected chi connectivity index (χ0v) is 20.0. The van der Waals surface area contributed by atoms with Gasteiger partial charge in [-0.3, -0.25) is 0 Å². The van der Waals surface area contributed by atoms with Crippen LogP contribution in [0.2, 0.25) is 5.02 Å². The van der Waals surface area contributed by atoms with E-state index in [0.717, 1.165) is 16.3 Å². The summed E-state index contributed by atoms with van der Waals surface area (Å²) in [7, 11) is 0. The summed E-state index contributed by atoms with van der Waals surface area (Å²) in [6.45, 7) is 0.355. The summed E-state index contributed by atoms with van der Waals surface area (Å²) in [6.07, 6.45) is 1.67. The van der Waals surface area contributed by atoms with E-state index >= 15 is 0 Å². The first-order chi connectivity index (χ1) is 16.5. The highest BCUT2D eigenvalue weighted by molar-refractivity contribution is 9.10. The lowest BCUT2D eigenvalue weighted by Crippen LogP contribution is -1.98. The molecule has 1 heterocycles. The molecule has 1 N–H and O–H groups in total. The van der Waals surface area contributed by atoms with Gasteiger partial charge in [-0.15, -0.1) is 0 Å². The molecule has 1 aromatic heterocycles. The molecule has 166 valence electrons. The molecular formula is C27H16BrClFN3O. The molecule has 0 saturated heterocycles. The molecule has 0 spiro atoms. The van der Waals surface area contributed by atoms with Crippen LogP contribution >= 0.6 is 27.5 Å². The second-order valence-electron chi connectivity index (χ2n) is 7.66. The number of nitrogens with zero attached hydrogens (tertiary/aromatic N) is 2. The molecule has 0 radical (unpaired) electrons. The number of ether oxygens (including phenoxy) is 1. The lowest BCUT2D eigenvalue weighted by atomic mass is 10.1. The second-order valence-corrected chi connectivity index (χ2v) is 8.92. The highest BCUT2D eigenvalue weighted by Gasteiger charge is 2.13. The van der Waals surface area contributed by atoms with Crippen molar-refractivity contribution < 1.29 is 9.13 Å². The average Bonchev–Trinajstić information content (AvgIpc) is 3.25. The molecule has 0 unspecified atom stereocenters. The van der Waals surface area contributed by atoms with Crippen LogP contribution in [0.4, 0.5) is 4.39 Å². The summed E-state index contributed by atoms with van der Waals surface area (Å²) in [5, 5.41) is 12.4. The lowest BCUT2D eigenvalue weighted by molar-refractivity contribution is 0.306. The van der Waals surface area contributed by atoms with Gasteiger partial charge in [0.2, 0.25) is 0 Å². The van der Waals surface area contributed by atoms with E-state index in [4.69, 9.17) is 16.3 Å². The van der Waals surface area contributed by atoms with Crippen molar-refractivity contribution in [3.8, 4) is 11.8 Å². The van der Waals surface area contributed by atoms with Gasteiger partial charge in [0, 0.05) is 0 Å². The van der Waals surface area contributed by atoms with Crippen LogP contribution in [0.25, 0.3) is 33.5 Å². The Balaban J connectivity index is 1.42. The topological polar surface area (TPSA) is 61.7 Å². The third-order valence-corrected chi connectivity index (χ3v) is 6.27. The van der Waals surface area contributed by atoms with Crippen LogP contribution in [0.1, 0.15) is 17.0 Å². The SMILES string of the molecule is N#C/C(=C/c1cc(Cl)c(OCc2cccc3ccccc23)c(Br)c1)c1nc2ccc(F)cc2[nH]1. The highest BCUT2D eigenvalue weighted by Crippen LogP contribution is 2.36. The maximum absolute atomic E-state index is 13.5. The number of hydrogen-bond donors (Lipinski definition) is 1. The van der Waals surface area contributed by atoms with Crippen molar-refractivity contribution in [3.63, 3.8) is 0 Å². The van der Waals surface area contributed by atoms with E-state index in [2.05, 4.69) is 50.2 Å². The minimum atomic E-state index is -0.375. The molecule has 7 heteroatoms. The van der Waals surface area contributed by atoms with Gasteiger partial charge in [-0.25, -0.2) is 9.37 Å². The van der Waals surface area contributed by atoms with E-state index in [0.29, 0.717) is 49.8 Å². The van der Waals surface area contributed by atoms with Gasteiger partial charge in [0.15, 0.2) is 5.75 Å². The van der Waals surface area contributed by atoms with Crippen molar-refractivity contribution in [1.82, 2.24) is 9.97 Å². The van der Waals surface area contributed by atoms with Crippen molar-refractivity contribution in [1.29, 1.82) is 5.26 Å². The quantitative estimate of drug-likeness (QED) is 0.234. The number of nitrogens with one attached hydrogen (secondary N) is 1. The van der Waals surface area contributed by atoms with Crippen molar-refractivity contribution in [3.05, 3.63) is 105 Å². The molecule has 0 bridgehead atoms. The number of halogens is 3. The number of imidazole rings is 1. The Hall–Kier alpha value is -3.66. The number of H-pyrrole nitrogens is 1.